The van der Waals surface area contributed by atoms with Gasteiger partial charge < -0.3 is 14.6 Å². The molecular formula is C9H11BrO3. The molecule has 0 radical (unpaired) electrons. The first-order valence-electron chi connectivity index (χ1n) is 3.82. The zero-order chi connectivity index (χ0) is 9.68. The second-order valence-electron chi connectivity index (χ2n) is 2.43. The Hall–Kier alpha value is -0.580. The van der Waals surface area contributed by atoms with E-state index in [4.69, 9.17) is 9.84 Å². The van der Waals surface area contributed by atoms with Crippen molar-refractivity contribution in [1.29, 1.82) is 0 Å². The molecule has 0 aromatic heterocycles. The van der Waals surface area contributed by atoms with Crippen LogP contribution in [0, 0.1) is 0 Å². The predicted octanol–water partition coefficient (Wildman–Crippen LogP) is 1.79. The van der Waals surface area contributed by atoms with Crippen LogP contribution in [0.15, 0.2) is 28.7 Å². The first kappa shape index (κ1) is 10.5. The van der Waals surface area contributed by atoms with Gasteiger partial charge in [0.15, 0.2) is 6.29 Å². The molecule has 72 valence electrons. The molecule has 1 unspecified atom stereocenters. The lowest BCUT2D eigenvalue weighted by atomic mass is 10.3. The summed E-state index contributed by atoms with van der Waals surface area (Å²) in [5.41, 5.74) is 0. The number of para-hydroxylation sites is 1. The Morgan fingerprint density at radius 3 is 2.77 bits per heavy atom. The van der Waals surface area contributed by atoms with Crippen molar-refractivity contribution >= 4 is 15.9 Å². The fourth-order valence-electron chi connectivity index (χ4n) is 0.791. The van der Waals surface area contributed by atoms with E-state index in [2.05, 4.69) is 20.7 Å². The van der Waals surface area contributed by atoms with E-state index in [1.165, 1.54) is 7.11 Å². The number of ether oxygens (including phenoxy) is 2. The lowest BCUT2D eigenvalue weighted by Crippen LogP contribution is -2.19. The van der Waals surface area contributed by atoms with Gasteiger partial charge in [-0.15, -0.1) is 0 Å². The molecule has 1 aromatic rings. The highest BCUT2D eigenvalue weighted by atomic mass is 79.9. The second-order valence-corrected chi connectivity index (χ2v) is 3.29. The number of aliphatic hydroxyl groups excluding tert-OH is 1. The van der Waals surface area contributed by atoms with Crippen molar-refractivity contribution in [1.82, 2.24) is 0 Å². The van der Waals surface area contributed by atoms with E-state index in [0.717, 1.165) is 4.47 Å². The van der Waals surface area contributed by atoms with Crippen molar-refractivity contribution in [2.75, 3.05) is 13.7 Å². The zero-order valence-electron chi connectivity index (χ0n) is 7.24. The van der Waals surface area contributed by atoms with Gasteiger partial charge >= 0.3 is 0 Å². The van der Waals surface area contributed by atoms with E-state index in [9.17, 15) is 0 Å². The second kappa shape index (κ2) is 5.21. The maximum Gasteiger partial charge on any atom is 0.188 e. The van der Waals surface area contributed by atoms with Crippen LogP contribution >= 0.6 is 15.9 Å². The molecule has 0 aliphatic heterocycles. The number of hydrogen-bond donors (Lipinski definition) is 1. The lowest BCUT2D eigenvalue weighted by molar-refractivity contribution is -0.0969. The van der Waals surface area contributed by atoms with Crippen LogP contribution in [-0.2, 0) is 4.74 Å². The van der Waals surface area contributed by atoms with Crippen LogP contribution in [-0.4, -0.2) is 25.1 Å². The summed E-state index contributed by atoms with van der Waals surface area (Å²) in [5, 5.41) is 9.05. The highest BCUT2D eigenvalue weighted by Crippen LogP contribution is 2.23. The molecule has 4 heteroatoms. The van der Waals surface area contributed by atoms with Crippen molar-refractivity contribution in [3.05, 3.63) is 28.7 Å². The third-order valence-electron chi connectivity index (χ3n) is 1.49. The van der Waals surface area contributed by atoms with Gasteiger partial charge in [-0.05, 0) is 28.1 Å². The van der Waals surface area contributed by atoms with E-state index >= 15 is 0 Å². The summed E-state index contributed by atoms with van der Waals surface area (Å²) >= 11 is 3.32. The fraction of sp³-hybridized carbons (Fsp3) is 0.333. The van der Waals surface area contributed by atoms with Gasteiger partial charge in [-0.1, -0.05) is 12.1 Å². The number of benzene rings is 1. The molecule has 0 aliphatic rings. The van der Waals surface area contributed by atoms with Crippen LogP contribution in [0.4, 0.5) is 0 Å². The van der Waals surface area contributed by atoms with Crippen LogP contribution in [0.5, 0.6) is 5.75 Å². The lowest BCUT2D eigenvalue weighted by Gasteiger charge is -2.11. The molecule has 3 nitrogen and oxygen atoms in total. The zero-order valence-corrected chi connectivity index (χ0v) is 8.82. The molecule has 0 bridgehead atoms. The first-order chi connectivity index (χ1) is 6.24. The minimum atomic E-state index is -0.882. The first-order valence-corrected chi connectivity index (χ1v) is 4.61. The molecule has 0 saturated heterocycles. The highest BCUT2D eigenvalue weighted by molar-refractivity contribution is 9.10. The van der Waals surface area contributed by atoms with Crippen molar-refractivity contribution in [2.45, 2.75) is 6.29 Å². The minimum absolute atomic E-state index is 0.124. The van der Waals surface area contributed by atoms with Gasteiger partial charge in [0, 0.05) is 7.11 Å². The summed E-state index contributed by atoms with van der Waals surface area (Å²) in [6.07, 6.45) is -0.882. The molecule has 0 heterocycles. The van der Waals surface area contributed by atoms with Crippen LogP contribution in [0.3, 0.4) is 0 Å². The molecule has 0 spiro atoms. The number of methoxy groups -OCH3 is 1. The van der Waals surface area contributed by atoms with Gasteiger partial charge in [0.05, 0.1) is 4.47 Å². The van der Waals surface area contributed by atoms with E-state index in [1.54, 1.807) is 0 Å². The van der Waals surface area contributed by atoms with Crippen LogP contribution in [0.25, 0.3) is 0 Å². The Kier molecular flexibility index (Phi) is 4.21. The molecule has 1 N–H and O–H groups in total. The van der Waals surface area contributed by atoms with Gasteiger partial charge in [-0.2, -0.15) is 0 Å². The van der Waals surface area contributed by atoms with Crippen molar-refractivity contribution in [2.24, 2.45) is 0 Å². The van der Waals surface area contributed by atoms with Gasteiger partial charge in [0.25, 0.3) is 0 Å². The Bertz CT molecular complexity index is 265. The summed E-state index contributed by atoms with van der Waals surface area (Å²) in [5.74, 6) is 0.693. The fourth-order valence-corrected chi connectivity index (χ4v) is 1.19. The van der Waals surface area contributed by atoms with E-state index in [1.807, 2.05) is 24.3 Å². The molecule has 0 fully saturated rings. The standard InChI is InChI=1S/C9H11BrO3/c1-12-9(11)6-13-8-5-3-2-4-7(8)10/h2-5,9,11H,6H2,1H3. The average Bonchev–Trinajstić information content (AvgIpc) is 2.16. The number of halogens is 1. The molecule has 13 heavy (non-hydrogen) atoms. The van der Waals surface area contributed by atoms with Crippen LogP contribution < -0.4 is 4.74 Å². The van der Waals surface area contributed by atoms with E-state index in [-0.39, 0.29) is 6.61 Å². The molecule has 1 aromatic carbocycles. The van der Waals surface area contributed by atoms with Gasteiger partial charge in [-0.25, -0.2) is 0 Å². The molecular weight excluding hydrogens is 236 g/mol. The molecule has 0 aliphatic carbocycles. The number of rotatable bonds is 4. The highest BCUT2D eigenvalue weighted by Gasteiger charge is 2.04. The maximum absolute atomic E-state index is 9.05. The topological polar surface area (TPSA) is 38.7 Å². The van der Waals surface area contributed by atoms with Gasteiger partial charge in [0.2, 0.25) is 0 Å². The summed E-state index contributed by atoms with van der Waals surface area (Å²) in [6.45, 7) is 0.124. The summed E-state index contributed by atoms with van der Waals surface area (Å²) < 4.78 is 10.8. The normalized spacial score (nSPS) is 12.5. The third kappa shape index (κ3) is 3.34. The van der Waals surface area contributed by atoms with Gasteiger partial charge in [-0.3, -0.25) is 0 Å². The molecule has 1 atom stereocenters. The third-order valence-corrected chi connectivity index (χ3v) is 2.15. The summed E-state index contributed by atoms with van der Waals surface area (Å²) in [6, 6.07) is 7.43. The largest absolute Gasteiger partial charge is 0.487 e. The summed E-state index contributed by atoms with van der Waals surface area (Å²) in [4.78, 5) is 0. The predicted molar refractivity (Wildman–Crippen MR) is 52.7 cm³/mol. The number of hydrogen-bond acceptors (Lipinski definition) is 3. The Morgan fingerprint density at radius 1 is 1.46 bits per heavy atom. The number of aliphatic hydroxyl groups is 1. The van der Waals surface area contributed by atoms with Crippen molar-refractivity contribution in [3.63, 3.8) is 0 Å². The minimum Gasteiger partial charge on any atom is -0.487 e. The van der Waals surface area contributed by atoms with E-state index < -0.39 is 6.29 Å². The Labute approximate surface area is 85.4 Å². The van der Waals surface area contributed by atoms with E-state index in [0.29, 0.717) is 5.75 Å². The quantitative estimate of drug-likeness (QED) is 0.824. The van der Waals surface area contributed by atoms with Crippen LogP contribution in [0.1, 0.15) is 0 Å². The van der Waals surface area contributed by atoms with Crippen LogP contribution in [0.2, 0.25) is 0 Å². The molecule has 1 rings (SSSR count). The van der Waals surface area contributed by atoms with Gasteiger partial charge in [0.1, 0.15) is 12.4 Å². The smallest absolute Gasteiger partial charge is 0.188 e. The Balaban J connectivity index is 2.50. The molecule has 0 amide bonds. The van der Waals surface area contributed by atoms with Crippen molar-refractivity contribution in [3.8, 4) is 5.75 Å². The summed E-state index contributed by atoms with van der Waals surface area (Å²) in [7, 11) is 1.42. The average molecular weight is 247 g/mol. The maximum atomic E-state index is 9.05. The Morgan fingerprint density at radius 2 is 2.15 bits per heavy atom. The monoisotopic (exact) mass is 246 g/mol. The molecule has 0 saturated carbocycles. The SMILES string of the molecule is COC(O)COc1ccccc1Br. The van der Waals surface area contributed by atoms with Crippen molar-refractivity contribution < 1.29 is 14.6 Å².